The van der Waals surface area contributed by atoms with Crippen LogP contribution in [0.4, 0.5) is 0 Å². The summed E-state index contributed by atoms with van der Waals surface area (Å²) in [4.78, 5) is 0. The smallest absolute Gasteiger partial charge is 0.00889 e. The Balaban J connectivity index is 2.15. The summed E-state index contributed by atoms with van der Waals surface area (Å²) in [6, 6.07) is 17.2. The van der Waals surface area contributed by atoms with Crippen LogP contribution >= 0.6 is 0 Å². The second-order valence-corrected chi connectivity index (χ2v) is 4.89. The minimum atomic E-state index is 1.01. The van der Waals surface area contributed by atoms with Crippen molar-refractivity contribution >= 4 is 5.57 Å². The molecule has 0 aliphatic heterocycles. The van der Waals surface area contributed by atoms with E-state index in [4.69, 9.17) is 0 Å². The molecular formula is C18H20. The van der Waals surface area contributed by atoms with Gasteiger partial charge < -0.3 is 0 Å². The van der Waals surface area contributed by atoms with Gasteiger partial charge in [-0.25, -0.2) is 0 Å². The SMILES string of the molecule is C/C(=C\Cc1ccc(C)cc1C)c1ccccc1. The number of aryl methyl sites for hydroxylation is 2. The predicted octanol–water partition coefficient (Wildman–Crippen LogP) is 4.95. The first-order valence-electron chi connectivity index (χ1n) is 6.45. The maximum atomic E-state index is 2.31. The lowest BCUT2D eigenvalue weighted by Crippen LogP contribution is -1.89. The number of hydrogen-bond acceptors (Lipinski definition) is 0. The van der Waals surface area contributed by atoms with Gasteiger partial charge >= 0.3 is 0 Å². The second-order valence-electron chi connectivity index (χ2n) is 4.89. The van der Waals surface area contributed by atoms with E-state index in [9.17, 15) is 0 Å². The molecule has 0 saturated carbocycles. The van der Waals surface area contributed by atoms with Crippen molar-refractivity contribution in [1.82, 2.24) is 0 Å². The van der Waals surface area contributed by atoms with Crippen LogP contribution in [0.1, 0.15) is 29.2 Å². The van der Waals surface area contributed by atoms with Crippen LogP contribution in [0, 0.1) is 13.8 Å². The van der Waals surface area contributed by atoms with Crippen LogP contribution in [0.2, 0.25) is 0 Å². The molecule has 0 aromatic heterocycles. The molecule has 18 heavy (non-hydrogen) atoms. The summed E-state index contributed by atoms with van der Waals surface area (Å²) in [6.07, 6.45) is 3.32. The molecule has 0 heteroatoms. The molecular weight excluding hydrogens is 216 g/mol. The Bertz CT molecular complexity index is 548. The van der Waals surface area contributed by atoms with E-state index in [1.165, 1.54) is 27.8 Å². The zero-order valence-corrected chi connectivity index (χ0v) is 11.4. The molecule has 2 rings (SSSR count). The normalized spacial score (nSPS) is 11.6. The van der Waals surface area contributed by atoms with Gasteiger partial charge in [0.15, 0.2) is 0 Å². The van der Waals surface area contributed by atoms with Crippen LogP contribution in [0.3, 0.4) is 0 Å². The zero-order valence-electron chi connectivity index (χ0n) is 11.4. The second kappa shape index (κ2) is 5.68. The fourth-order valence-electron chi connectivity index (χ4n) is 2.16. The summed E-state index contributed by atoms with van der Waals surface area (Å²) in [5.41, 5.74) is 6.78. The average Bonchev–Trinajstić information content (AvgIpc) is 2.38. The van der Waals surface area contributed by atoms with Gasteiger partial charge in [-0.1, -0.05) is 60.2 Å². The van der Waals surface area contributed by atoms with Crippen molar-refractivity contribution in [3.8, 4) is 0 Å². The van der Waals surface area contributed by atoms with Crippen molar-refractivity contribution in [3.63, 3.8) is 0 Å². The molecule has 0 unspecified atom stereocenters. The quantitative estimate of drug-likeness (QED) is 0.707. The average molecular weight is 236 g/mol. The maximum absolute atomic E-state index is 2.31. The molecule has 0 spiro atoms. The van der Waals surface area contributed by atoms with Crippen molar-refractivity contribution < 1.29 is 0 Å². The molecule has 0 radical (unpaired) electrons. The first-order chi connectivity index (χ1) is 8.66. The van der Waals surface area contributed by atoms with Gasteiger partial charge in [0.1, 0.15) is 0 Å². The zero-order chi connectivity index (χ0) is 13.0. The van der Waals surface area contributed by atoms with Gasteiger partial charge in [-0.05, 0) is 49.5 Å². The fourth-order valence-corrected chi connectivity index (χ4v) is 2.16. The van der Waals surface area contributed by atoms with Crippen molar-refractivity contribution in [2.75, 3.05) is 0 Å². The first kappa shape index (κ1) is 12.6. The number of benzene rings is 2. The minimum absolute atomic E-state index is 1.01. The molecule has 0 aliphatic carbocycles. The van der Waals surface area contributed by atoms with E-state index >= 15 is 0 Å². The number of rotatable bonds is 3. The molecule has 92 valence electrons. The van der Waals surface area contributed by atoms with E-state index in [2.05, 4.69) is 75.4 Å². The van der Waals surface area contributed by atoms with Crippen LogP contribution < -0.4 is 0 Å². The highest BCUT2D eigenvalue weighted by Crippen LogP contribution is 2.16. The Kier molecular flexibility index (Phi) is 3.99. The van der Waals surface area contributed by atoms with Crippen LogP contribution in [0.15, 0.2) is 54.6 Å². The summed E-state index contributed by atoms with van der Waals surface area (Å²) in [7, 11) is 0. The first-order valence-corrected chi connectivity index (χ1v) is 6.45. The van der Waals surface area contributed by atoms with Crippen molar-refractivity contribution in [3.05, 3.63) is 76.9 Å². The van der Waals surface area contributed by atoms with Crippen LogP contribution in [-0.4, -0.2) is 0 Å². The molecule has 0 bridgehead atoms. The van der Waals surface area contributed by atoms with Gasteiger partial charge in [0.2, 0.25) is 0 Å². The third-order valence-electron chi connectivity index (χ3n) is 3.36. The summed E-state index contributed by atoms with van der Waals surface area (Å²) >= 11 is 0. The molecule has 0 N–H and O–H groups in total. The van der Waals surface area contributed by atoms with E-state index in [1.807, 2.05) is 0 Å². The third-order valence-corrected chi connectivity index (χ3v) is 3.36. The Morgan fingerprint density at radius 3 is 2.39 bits per heavy atom. The Hall–Kier alpha value is -1.82. The number of hydrogen-bond donors (Lipinski definition) is 0. The lowest BCUT2D eigenvalue weighted by atomic mass is 10.00. The van der Waals surface area contributed by atoms with E-state index in [0.29, 0.717) is 0 Å². The molecule has 2 aromatic carbocycles. The molecule has 0 heterocycles. The van der Waals surface area contributed by atoms with E-state index < -0.39 is 0 Å². The van der Waals surface area contributed by atoms with E-state index in [0.717, 1.165) is 6.42 Å². The Morgan fingerprint density at radius 2 is 1.72 bits per heavy atom. The summed E-state index contributed by atoms with van der Waals surface area (Å²) in [5, 5.41) is 0. The standard InChI is InChI=1S/C18H20/c1-14-9-11-18(16(3)13-14)12-10-15(2)17-7-5-4-6-8-17/h4-11,13H,12H2,1-3H3/b15-10+. The molecule has 2 aromatic rings. The topological polar surface area (TPSA) is 0 Å². The Morgan fingerprint density at radius 1 is 1.00 bits per heavy atom. The lowest BCUT2D eigenvalue weighted by molar-refractivity contribution is 1.20. The maximum Gasteiger partial charge on any atom is -0.00889 e. The van der Waals surface area contributed by atoms with Crippen LogP contribution in [0.25, 0.3) is 5.57 Å². The van der Waals surface area contributed by atoms with Crippen molar-refractivity contribution in [2.45, 2.75) is 27.2 Å². The summed E-state index contributed by atoms with van der Waals surface area (Å²) in [6.45, 7) is 6.51. The Labute approximate surface area is 110 Å². The largest absolute Gasteiger partial charge is 0.0766 e. The highest BCUT2D eigenvalue weighted by atomic mass is 14.0. The highest BCUT2D eigenvalue weighted by Gasteiger charge is 1.98. The van der Waals surface area contributed by atoms with E-state index in [1.54, 1.807) is 0 Å². The van der Waals surface area contributed by atoms with Gasteiger partial charge in [0, 0.05) is 0 Å². The van der Waals surface area contributed by atoms with Gasteiger partial charge in [0.25, 0.3) is 0 Å². The molecule has 0 aliphatic rings. The molecule has 0 atom stereocenters. The molecule has 0 nitrogen and oxygen atoms in total. The van der Waals surface area contributed by atoms with Gasteiger partial charge in [0.05, 0.1) is 0 Å². The van der Waals surface area contributed by atoms with Crippen LogP contribution in [-0.2, 0) is 6.42 Å². The van der Waals surface area contributed by atoms with Crippen molar-refractivity contribution in [2.24, 2.45) is 0 Å². The lowest BCUT2D eigenvalue weighted by Gasteiger charge is -2.06. The van der Waals surface area contributed by atoms with Gasteiger partial charge in [-0.15, -0.1) is 0 Å². The third kappa shape index (κ3) is 3.10. The molecule has 0 saturated heterocycles. The molecule has 0 fully saturated rings. The monoisotopic (exact) mass is 236 g/mol. The summed E-state index contributed by atoms with van der Waals surface area (Å²) < 4.78 is 0. The van der Waals surface area contributed by atoms with Gasteiger partial charge in [-0.3, -0.25) is 0 Å². The van der Waals surface area contributed by atoms with Crippen molar-refractivity contribution in [1.29, 1.82) is 0 Å². The summed E-state index contributed by atoms with van der Waals surface area (Å²) in [5.74, 6) is 0. The van der Waals surface area contributed by atoms with Gasteiger partial charge in [-0.2, -0.15) is 0 Å². The minimum Gasteiger partial charge on any atom is -0.0766 e. The van der Waals surface area contributed by atoms with E-state index in [-0.39, 0.29) is 0 Å². The number of allylic oxidation sites excluding steroid dienone is 2. The fraction of sp³-hybridized carbons (Fsp3) is 0.222. The highest BCUT2D eigenvalue weighted by molar-refractivity contribution is 5.63. The predicted molar refractivity (Wildman–Crippen MR) is 79.7 cm³/mol. The molecule has 0 amide bonds. The van der Waals surface area contributed by atoms with Crippen LogP contribution in [0.5, 0.6) is 0 Å².